The molecule has 1 aliphatic heterocycles. The Morgan fingerprint density at radius 1 is 1.13 bits per heavy atom. The second kappa shape index (κ2) is 7.80. The van der Waals surface area contributed by atoms with Crippen molar-refractivity contribution >= 4 is 22.7 Å². The van der Waals surface area contributed by atoms with Crippen LogP contribution < -0.4 is 10.0 Å². The van der Waals surface area contributed by atoms with Gasteiger partial charge in [-0.25, -0.2) is 0 Å². The molecule has 0 saturated heterocycles. The van der Waals surface area contributed by atoms with E-state index in [1.54, 1.807) is 12.1 Å². The lowest BCUT2D eigenvalue weighted by Gasteiger charge is -2.27. The number of likely N-dealkylation sites (N-methyl/N-ethyl adjacent to an activating group) is 1. The van der Waals surface area contributed by atoms with Crippen molar-refractivity contribution in [3.63, 3.8) is 0 Å². The topological polar surface area (TPSA) is 78.0 Å². The van der Waals surface area contributed by atoms with Crippen LogP contribution in [0.4, 0.5) is 0 Å². The number of ketones is 1. The Balaban J connectivity index is 1.78. The first-order chi connectivity index (χ1) is 14.4. The zero-order chi connectivity index (χ0) is 21.4. The fraction of sp³-hybridized carbons (Fsp3) is 0.250. The quantitative estimate of drug-likeness (QED) is 0.628. The van der Waals surface area contributed by atoms with Crippen LogP contribution in [0.2, 0.25) is 0 Å². The minimum atomic E-state index is -0.750. The predicted molar refractivity (Wildman–Crippen MR) is 111 cm³/mol. The first-order valence-electron chi connectivity index (χ1n) is 9.98. The number of carbonyl (C=O) groups excluding carboxylic acids is 2. The van der Waals surface area contributed by atoms with Crippen molar-refractivity contribution in [2.45, 2.75) is 13.0 Å². The van der Waals surface area contributed by atoms with Gasteiger partial charge in [0, 0.05) is 11.0 Å². The molecule has 6 heteroatoms. The van der Waals surface area contributed by atoms with Crippen LogP contribution >= 0.6 is 0 Å². The molecule has 2 aromatic carbocycles. The average molecular weight is 404 g/mol. The highest BCUT2D eigenvalue weighted by atomic mass is 16.3. The third-order valence-electron chi connectivity index (χ3n) is 5.42. The molecule has 1 aromatic heterocycles. The fourth-order valence-electron chi connectivity index (χ4n) is 3.77. The van der Waals surface area contributed by atoms with Crippen LogP contribution in [0, 0.1) is 6.92 Å². The van der Waals surface area contributed by atoms with E-state index in [0.717, 1.165) is 21.4 Å². The summed E-state index contributed by atoms with van der Waals surface area (Å²) in [4.78, 5) is 28.9. The van der Waals surface area contributed by atoms with Crippen molar-refractivity contribution in [2.75, 3.05) is 27.2 Å². The van der Waals surface area contributed by atoms with Crippen LogP contribution in [-0.4, -0.2) is 43.8 Å². The van der Waals surface area contributed by atoms with Crippen LogP contribution in [0.3, 0.4) is 0 Å². The van der Waals surface area contributed by atoms with Crippen LogP contribution in [0.15, 0.2) is 70.3 Å². The van der Waals surface area contributed by atoms with E-state index >= 15 is 0 Å². The summed E-state index contributed by atoms with van der Waals surface area (Å²) in [6.07, 6.45) is 0. The van der Waals surface area contributed by atoms with E-state index in [1.165, 1.54) is 4.90 Å². The summed E-state index contributed by atoms with van der Waals surface area (Å²) >= 11 is 0. The molecule has 4 rings (SSSR count). The molecule has 154 valence electrons. The number of aryl methyl sites for hydroxylation is 1. The van der Waals surface area contributed by atoms with Crippen molar-refractivity contribution in [1.29, 1.82) is 0 Å². The van der Waals surface area contributed by atoms with E-state index in [9.17, 15) is 14.7 Å². The third-order valence-corrected chi connectivity index (χ3v) is 5.42. The summed E-state index contributed by atoms with van der Waals surface area (Å²) in [5.41, 5.74) is 2.33. The number of fused-ring (bicyclic) bond motifs is 1. The van der Waals surface area contributed by atoms with E-state index in [-0.39, 0.29) is 11.3 Å². The van der Waals surface area contributed by atoms with Crippen molar-refractivity contribution in [1.82, 2.24) is 4.90 Å². The molecule has 1 N–H and O–H groups in total. The number of carbonyl (C=O) groups is 2. The standard InChI is InChI=1S/C24H24N2O4/c1-15-8-10-16(11-9-15)21-20(23(28)24(29)26(21)13-12-25(2)3)22(27)19-14-17-6-4-5-7-18(17)30-19/h4-11,14,21,28H,12-13H2,1-3H3. The van der Waals surface area contributed by atoms with Crippen molar-refractivity contribution < 1.29 is 24.0 Å². The van der Waals surface area contributed by atoms with Gasteiger partial charge in [0.2, 0.25) is 11.7 Å². The van der Waals surface area contributed by atoms with Crippen molar-refractivity contribution in [3.05, 3.63) is 82.8 Å². The summed E-state index contributed by atoms with van der Waals surface area (Å²) in [7, 11) is 3.96. The van der Waals surface area contributed by atoms with Gasteiger partial charge in [-0.3, -0.25) is 9.59 Å². The first kappa shape index (κ1) is 19.9. The number of amides is 1. The molecule has 0 aliphatic carbocycles. The molecular formula is C24H24N2O4. The van der Waals surface area contributed by atoms with Crippen LogP contribution in [0.1, 0.15) is 27.7 Å². The maximum Gasteiger partial charge on any atom is 0.240 e. The Morgan fingerprint density at radius 2 is 1.83 bits per heavy atom. The number of nitrogens with zero attached hydrogens (tertiary/aromatic N) is 1. The van der Waals surface area contributed by atoms with Gasteiger partial charge >= 0.3 is 0 Å². The smallest absolute Gasteiger partial charge is 0.240 e. The molecule has 30 heavy (non-hydrogen) atoms. The molecule has 1 aliphatic rings. The highest BCUT2D eigenvalue weighted by molar-refractivity contribution is 6.15. The number of furan rings is 1. The Morgan fingerprint density at radius 3 is 2.50 bits per heavy atom. The molecule has 0 fully saturated rings. The van der Waals surface area contributed by atoms with Gasteiger partial charge in [-0.1, -0.05) is 48.0 Å². The number of rotatable bonds is 6. The Bertz CT molecular complexity index is 1110. The lowest BCUT2D eigenvalue weighted by atomic mass is 9.94. The van der Waals surface area contributed by atoms with Gasteiger partial charge < -0.3 is 19.3 Å². The largest absolute Gasteiger partial charge is 0.868 e. The van der Waals surface area contributed by atoms with Gasteiger partial charge in [0.15, 0.2) is 5.76 Å². The van der Waals surface area contributed by atoms with Crippen LogP contribution in [0.5, 0.6) is 0 Å². The van der Waals surface area contributed by atoms with E-state index in [4.69, 9.17) is 4.42 Å². The zero-order valence-electron chi connectivity index (χ0n) is 17.3. The molecule has 0 bridgehead atoms. The molecule has 2 heterocycles. The van der Waals surface area contributed by atoms with Gasteiger partial charge in [-0.2, -0.15) is 0 Å². The number of Topliss-reactive ketones (excluding diaryl/α,β-unsaturated/α-hetero) is 1. The highest BCUT2D eigenvalue weighted by Crippen LogP contribution is 2.38. The molecule has 0 radical (unpaired) electrons. The van der Waals surface area contributed by atoms with Gasteiger partial charge in [0.25, 0.3) is 0 Å². The highest BCUT2D eigenvalue weighted by Gasteiger charge is 2.40. The van der Waals surface area contributed by atoms with E-state index < -0.39 is 23.5 Å². The van der Waals surface area contributed by atoms with Crippen LogP contribution in [0.25, 0.3) is 11.0 Å². The molecule has 1 unspecified atom stereocenters. The Labute approximate surface area is 175 Å². The maximum atomic E-state index is 13.4. The number of nitrogens with one attached hydrogen (secondary N) is 1. The molecule has 0 saturated carbocycles. The number of para-hydroxylation sites is 1. The first-order valence-corrected chi connectivity index (χ1v) is 9.98. The summed E-state index contributed by atoms with van der Waals surface area (Å²) in [6.45, 7) is 3.00. The normalized spacial score (nSPS) is 16.9. The number of benzene rings is 2. The molecule has 0 spiro atoms. The van der Waals surface area contributed by atoms with E-state index in [0.29, 0.717) is 18.7 Å². The van der Waals surface area contributed by atoms with Gasteiger partial charge in [-0.15, -0.1) is 0 Å². The predicted octanol–water partition coefficient (Wildman–Crippen LogP) is 1.27. The molecule has 6 nitrogen and oxygen atoms in total. The summed E-state index contributed by atoms with van der Waals surface area (Å²) in [6, 6.07) is 15.8. The van der Waals surface area contributed by atoms with Crippen LogP contribution in [-0.2, 0) is 4.79 Å². The SMILES string of the molecule is Cc1ccc(C2C(C(=O)c3cc4ccccc4o3)=C([O-])C(=O)N2CC[NH+](C)C)cc1. The molecule has 3 aromatic rings. The third kappa shape index (κ3) is 3.50. The average Bonchev–Trinajstić information content (AvgIpc) is 3.26. The van der Waals surface area contributed by atoms with Crippen molar-refractivity contribution in [2.24, 2.45) is 0 Å². The Kier molecular flexibility index (Phi) is 5.18. The van der Waals surface area contributed by atoms with E-state index in [2.05, 4.69) is 0 Å². The summed E-state index contributed by atoms with van der Waals surface area (Å²) in [5, 5.41) is 13.7. The molecule has 1 atom stereocenters. The number of quaternary nitrogens is 1. The lowest BCUT2D eigenvalue weighted by Crippen LogP contribution is -3.06. The van der Waals surface area contributed by atoms with Gasteiger partial charge in [-0.05, 0) is 30.4 Å². The number of hydrogen-bond acceptors (Lipinski definition) is 4. The second-order valence-corrected chi connectivity index (χ2v) is 7.99. The fourth-order valence-corrected chi connectivity index (χ4v) is 3.77. The molecular weight excluding hydrogens is 380 g/mol. The monoisotopic (exact) mass is 404 g/mol. The minimum Gasteiger partial charge on any atom is -0.868 e. The minimum absolute atomic E-state index is 0.0448. The zero-order valence-corrected chi connectivity index (χ0v) is 17.3. The lowest BCUT2D eigenvalue weighted by molar-refractivity contribution is -0.857. The summed E-state index contributed by atoms with van der Waals surface area (Å²) in [5.74, 6) is -1.85. The second-order valence-electron chi connectivity index (χ2n) is 7.99. The molecule has 1 amide bonds. The Hall–Kier alpha value is -3.38. The van der Waals surface area contributed by atoms with E-state index in [1.807, 2.05) is 63.5 Å². The van der Waals surface area contributed by atoms with Gasteiger partial charge in [0.05, 0.1) is 33.2 Å². The summed E-state index contributed by atoms with van der Waals surface area (Å²) < 4.78 is 5.71. The van der Waals surface area contributed by atoms with Gasteiger partial charge in [0.1, 0.15) is 5.58 Å². The number of hydrogen-bond donors (Lipinski definition) is 1. The van der Waals surface area contributed by atoms with Crippen molar-refractivity contribution in [3.8, 4) is 0 Å². The maximum absolute atomic E-state index is 13.4.